The van der Waals surface area contributed by atoms with Gasteiger partial charge in [0.25, 0.3) is 0 Å². The second-order valence-electron chi connectivity index (χ2n) is 6.38. The molecule has 3 unspecified atom stereocenters. The van der Waals surface area contributed by atoms with Crippen molar-refractivity contribution in [1.29, 1.82) is 0 Å². The Morgan fingerprint density at radius 2 is 1.76 bits per heavy atom. The van der Waals surface area contributed by atoms with Crippen molar-refractivity contribution in [2.24, 2.45) is 5.92 Å². The number of piperidine rings is 1. The second-order valence-corrected chi connectivity index (χ2v) is 6.38. The van der Waals surface area contributed by atoms with Gasteiger partial charge in [0, 0.05) is 19.1 Å². The van der Waals surface area contributed by atoms with Crippen LogP contribution in [0.4, 0.5) is 0 Å². The minimum absolute atomic E-state index is 0. The lowest BCUT2D eigenvalue weighted by molar-refractivity contribution is 0.0287. The Hall–Kier alpha value is -0.570. The molecule has 1 aliphatic carbocycles. The number of methoxy groups -OCH3 is 1. The van der Waals surface area contributed by atoms with Crippen LogP contribution in [0.25, 0.3) is 0 Å². The van der Waals surface area contributed by atoms with Crippen LogP contribution in [0.3, 0.4) is 0 Å². The summed E-state index contributed by atoms with van der Waals surface area (Å²) >= 11 is 0. The fraction of sp³-hybridized carbons (Fsp3) is 0.667. The van der Waals surface area contributed by atoms with Crippen molar-refractivity contribution in [1.82, 2.24) is 5.32 Å². The van der Waals surface area contributed by atoms with Gasteiger partial charge in [-0.3, -0.25) is 0 Å². The molecule has 3 atom stereocenters. The lowest BCUT2D eigenvalue weighted by Crippen LogP contribution is -2.50. The van der Waals surface area contributed by atoms with Gasteiger partial charge in [0.2, 0.25) is 0 Å². The molecule has 1 saturated carbocycles. The minimum atomic E-state index is 0. The summed E-state index contributed by atoms with van der Waals surface area (Å²) in [5, 5.41) is 3.77. The van der Waals surface area contributed by atoms with Crippen LogP contribution in [0, 0.1) is 5.92 Å². The molecule has 0 amide bonds. The van der Waals surface area contributed by atoms with Crippen LogP contribution in [0.1, 0.15) is 50.0 Å². The van der Waals surface area contributed by atoms with Gasteiger partial charge >= 0.3 is 0 Å². The number of hydrogen-bond acceptors (Lipinski definition) is 2. The topological polar surface area (TPSA) is 21.3 Å². The predicted octanol–water partition coefficient (Wildman–Crippen LogP) is 4.15. The first kappa shape index (κ1) is 16.8. The van der Waals surface area contributed by atoms with Crippen molar-refractivity contribution in [3.63, 3.8) is 0 Å². The lowest BCUT2D eigenvalue weighted by atomic mass is 9.76. The van der Waals surface area contributed by atoms with Crippen molar-refractivity contribution in [2.75, 3.05) is 13.7 Å². The van der Waals surface area contributed by atoms with Crippen LogP contribution in [0.15, 0.2) is 30.3 Å². The summed E-state index contributed by atoms with van der Waals surface area (Å²) in [6.45, 7) is 1.14. The SMILES string of the molecule is COC1CCCNC1C(c1ccccc1)C1CCCC1.Cl. The summed E-state index contributed by atoms with van der Waals surface area (Å²) in [6, 6.07) is 11.6. The molecule has 1 aliphatic heterocycles. The molecule has 1 heterocycles. The zero-order chi connectivity index (χ0) is 13.8. The Kier molecular flexibility index (Phi) is 6.53. The van der Waals surface area contributed by atoms with E-state index in [9.17, 15) is 0 Å². The number of ether oxygens (including phenoxy) is 1. The van der Waals surface area contributed by atoms with Crippen molar-refractivity contribution in [2.45, 2.75) is 56.6 Å². The van der Waals surface area contributed by atoms with E-state index in [0.29, 0.717) is 18.1 Å². The van der Waals surface area contributed by atoms with Crippen LogP contribution in [0.5, 0.6) is 0 Å². The van der Waals surface area contributed by atoms with Crippen LogP contribution >= 0.6 is 12.4 Å². The van der Waals surface area contributed by atoms with Crippen LogP contribution in [-0.4, -0.2) is 25.8 Å². The molecule has 118 valence electrons. The van der Waals surface area contributed by atoms with Gasteiger partial charge in [0.05, 0.1) is 6.10 Å². The summed E-state index contributed by atoms with van der Waals surface area (Å²) in [7, 11) is 1.88. The summed E-state index contributed by atoms with van der Waals surface area (Å²) < 4.78 is 5.80. The van der Waals surface area contributed by atoms with E-state index in [1.54, 1.807) is 0 Å². The first-order valence-corrected chi connectivity index (χ1v) is 8.21. The van der Waals surface area contributed by atoms with E-state index in [2.05, 4.69) is 35.6 Å². The van der Waals surface area contributed by atoms with Gasteiger partial charge in [0.15, 0.2) is 0 Å². The molecule has 1 N–H and O–H groups in total. The van der Waals surface area contributed by atoms with Gasteiger partial charge in [-0.2, -0.15) is 0 Å². The highest BCUT2D eigenvalue weighted by molar-refractivity contribution is 5.85. The maximum atomic E-state index is 5.80. The van der Waals surface area contributed by atoms with E-state index >= 15 is 0 Å². The highest BCUT2D eigenvalue weighted by Crippen LogP contribution is 2.41. The van der Waals surface area contributed by atoms with Crippen molar-refractivity contribution >= 4 is 12.4 Å². The predicted molar refractivity (Wildman–Crippen MR) is 90.2 cm³/mol. The van der Waals surface area contributed by atoms with Gasteiger partial charge in [-0.25, -0.2) is 0 Å². The highest BCUT2D eigenvalue weighted by Gasteiger charge is 2.38. The molecular formula is C18H28ClNO. The van der Waals surface area contributed by atoms with Gasteiger partial charge in [0.1, 0.15) is 0 Å². The molecule has 3 heteroatoms. The molecule has 1 saturated heterocycles. The largest absolute Gasteiger partial charge is 0.380 e. The normalized spacial score (nSPS) is 28.0. The minimum Gasteiger partial charge on any atom is -0.380 e. The number of hydrogen-bond donors (Lipinski definition) is 1. The number of benzene rings is 1. The molecule has 0 spiro atoms. The van der Waals surface area contributed by atoms with E-state index in [4.69, 9.17) is 4.74 Å². The van der Waals surface area contributed by atoms with Gasteiger partial charge in [-0.05, 0) is 43.7 Å². The zero-order valence-corrected chi connectivity index (χ0v) is 13.8. The van der Waals surface area contributed by atoms with Crippen LogP contribution < -0.4 is 5.32 Å². The number of halogens is 1. The number of nitrogens with one attached hydrogen (secondary N) is 1. The molecule has 0 aromatic heterocycles. The smallest absolute Gasteiger partial charge is 0.0730 e. The van der Waals surface area contributed by atoms with Crippen molar-refractivity contribution < 1.29 is 4.74 Å². The Labute approximate surface area is 135 Å². The summed E-state index contributed by atoms with van der Waals surface area (Å²) in [4.78, 5) is 0. The molecule has 2 fully saturated rings. The molecule has 2 aliphatic rings. The van der Waals surface area contributed by atoms with Crippen LogP contribution in [-0.2, 0) is 4.74 Å². The Balaban J connectivity index is 0.00000161. The van der Waals surface area contributed by atoms with E-state index in [-0.39, 0.29) is 12.4 Å². The Morgan fingerprint density at radius 1 is 1.05 bits per heavy atom. The molecule has 21 heavy (non-hydrogen) atoms. The fourth-order valence-electron chi connectivity index (χ4n) is 4.27. The third-order valence-corrected chi connectivity index (χ3v) is 5.23. The first-order chi connectivity index (χ1) is 9.90. The van der Waals surface area contributed by atoms with E-state index in [1.807, 2.05) is 7.11 Å². The summed E-state index contributed by atoms with van der Waals surface area (Å²) in [5.74, 6) is 1.44. The number of rotatable bonds is 4. The molecule has 1 aromatic rings. The fourth-order valence-corrected chi connectivity index (χ4v) is 4.27. The van der Waals surface area contributed by atoms with Crippen LogP contribution in [0.2, 0.25) is 0 Å². The van der Waals surface area contributed by atoms with E-state index in [0.717, 1.165) is 12.5 Å². The second kappa shape index (κ2) is 8.17. The molecule has 1 aromatic carbocycles. The summed E-state index contributed by atoms with van der Waals surface area (Å²) in [6.07, 6.45) is 8.37. The quantitative estimate of drug-likeness (QED) is 0.902. The van der Waals surface area contributed by atoms with Gasteiger partial charge in [-0.1, -0.05) is 43.2 Å². The standard InChI is InChI=1S/C18H27NO.ClH/c1-20-16-12-7-13-19-18(16)17(15-10-5-6-11-15)14-8-3-2-4-9-14;/h2-4,8-9,15-19H,5-7,10-13H2,1H3;1H. The molecular weight excluding hydrogens is 282 g/mol. The first-order valence-electron chi connectivity index (χ1n) is 8.21. The third-order valence-electron chi connectivity index (χ3n) is 5.23. The average molecular weight is 310 g/mol. The third kappa shape index (κ3) is 3.80. The monoisotopic (exact) mass is 309 g/mol. The van der Waals surface area contributed by atoms with E-state index in [1.165, 1.54) is 44.1 Å². The maximum absolute atomic E-state index is 5.80. The van der Waals surface area contributed by atoms with Gasteiger partial charge in [-0.15, -0.1) is 12.4 Å². The van der Waals surface area contributed by atoms with E-state index < -0.39 is 0 Å². The van der Waals surface area contributed by atoms with Gasteiger partial charge < -0.3 is 10.1 Å². The molecule has 2 nitrogen and oxygen atoms in total. The maximum Gasteiger partial charge on any atom is 0.0730 e. The van der Waals surface area contributed by atoms with Crippen molar-refractivity contribution in [3.05, 3.63) is 35.9 Å². The lowest BCUT2D eigenvalue weighted by Gasteiger charge is -2.40. The Bertz CT molecular complexity index is 405. The highest BCUT2D eigenvalue weighted by atomic mass is 35.5. The van der Waals surface area contributed by atoms with Crippen molar-refractivity contribution in [3.8, 4) is 0 Å². The molecule has 0 radical (unpaired) electrons. The zero-order valence-electron chi connectivity index (χ0n) is 13.0. The molecule has 0 bridgehead atoms. The molecule has 3 rings (SSSR count). The average Bonchev–Trinajstić information content (AvgIpc) is 3.03. The summed E-state index contributed by atoms with van der Waals surface area (Å²) in [5.41, 5.74) is 1.50. The Morgan fingerprint density at radius 3 is 2.43 bits per heavy atom.